The van der Waals surface area contributed by atoms with Crippen LogP contribution >= 0.6 is 0 Å². The lowest BCUT2D eigenvalue weighted by Crippen LogP contribution is -2.42. The van der Waals surface area contributed by atoms with Crippen molar-refractivity contribution in [3.8, 4) is 0 Å². The van der Waals surface area contributed by atoms with Gasteiger partial charge in [0.2, 0.25) is 10.0 Å². The summed E-state index contributed by atoms with van der Waals surface area (Å²) in [5, 5.41) is 26.4. The zero-order chi connectivity index (χ0) is 24.5. The Balaban J connectivity index is 1.63. The van der Waals surface area contributed by atoms with Gasteiger partial charge in [0, 0.05) is 13.6 Å². The maximum absolute atomic E-state index is 12.6. The van der Waals surface area contributed by atoms with Crippen LogP contribution < -0.4 is 15.4 Å². The molecule has 5 N–H and O–H groups in total. The monoisotopic (exact) mass is 493 g/mol. The smallest absolute Gasteiger partial charge is 0.252 e. The van der Waals surface area contributed by atoms with Crippen LogP contribution in [0, 0.1) is 0 Å². The van der Waals surface area contributed by atoms with Crippen molar-refractivity contribution >= 4 is 32.9 Å². The molecule has 1 saturated heterocycles. The number of hydrogen-bond donors (Lipinski definition) is 5. The average Bonchev–Trinajstić information content (AvgIpc) is 3.39. The molecule has 0 unspecified atom stereocenters. The molecule has 0 saturated carbocycles. The van der Waals surface area contributed by atoms with Gasteiger partial charge in [-0.1, -0.05) is 12.2 Å². The summed E-state index contributed by atoms with van der Waals surface area (Å²) in [5.41, 5.74) is 0.580. The summed E-state index contributed by atoms with van der Waals surface area (Å²) < 4.78 is 34.7. The van der Waals surface area contributed by atoms with Crippen LogP contribution in [0.5, 0.6) is 0 Å². The summed E-state index contributed by atoms with van der Waals surface area (Å²) in [6, 6.07) is 0. The number of carbonyl (C=O) groups excluding carboxylic acids is 1. The third kappa shape index (κ3) is 4.54. The van der Waals surface area contributed by atoms with E-state index < -0.39 is 40.5 Å². The number of fused-ring (bicyclic) bond motifs is 1. The number of aliphatic hydroxyl groups excluding tert-OH is 2. The van der Waals surface area contributed by atoms with E-state index >= 15 is 0 Å². The van der Waals surface area contributed by atoms with E-state index in [1.165, 1.54) is 10.9 Å². The van der Waals surface area contributed by atoms with E-state index in [1.54, 1.807) is 32.2 Å². The van der Waals surface area contributed by atoms with Gasteiger partial charge in [-0.3, -0.25) is 9.36 Å². The van der Waals surface area contributed by atoms with E-state index in [9.17, 15) is 23.4 Å². The summed E-state index contributed by atoms with van der Waals surface area (Å²) in [6.07, 6.45) is 2.49. The van der Waals surface area contributed by atoms with Crippen LogP contribution in [0.1, 0.15) is 31.8 Å². The van der Waals surface area contributed by atoms with Gasteiger partial charge in [0.1, 0.15) is 18.0 Å². The van der Waals surface area contributed by atoms with Crippen molar-refractivity contribution in [2.24, 2.45) is 0 Å². The first-order chi connectivity index (χ1) is 16.3. The van der Waals surface area contributed by atoms with E-state index in [2.05, 4.69) is 30.3 Å². The zero-order valence-electron chi connectivity index (χ0n) is 18.7. The quantitative estimate of drug-likeness (QED) is 0.315. The number of rotatable bonds is 8. The first kappa shape index (κ1) is 24.2. The lowest BCUT2D eigenvalue weighted by Gasteiger charge is -2.17. The van der Waals surface area contributed by atoms with Crippen molar-refractivity contribution in [2.45, 2.75) is 50.8 Å². The highest BCUT2D eigenvalue weighted by Crippen LogP contribution is 2.32. The number of nitrogens with one attached hydrogen (secondary N) is 3. The predicted octanol–water partition coefficient (Wildman–Crippen LogP) is -0.723. The number of aromatic nitrogens is 4. The van der Waals surface area contributed by atoms with Crippen LogP contribution in [0.25, 0.3) is 11.2 Å². The number of nitrogens with zero attached hydrogens (tertiary/aromatic N) is 4. The van der Waals surface area contributed by atoms with Crippen molar-refractivity contribution in [3.05, 3.63) is 35.3 Å². The van der Waals surface area contributed by atoms with Gasteiger partial charge in [-0.2, -0.15) is 0 Å². The second kappa shape index (κ2) is 9.76. The summed E-state index contributed by atoms with van der Waals surface area (Å²) in [6.45, 7) is 1.87. The third-order valence-corrected chi connectivity index (χ3v) is 6.97. The number of aliphatic hydroxyl groups is 2. The maximum atomic E-state index is 12.6. The molecule has 13 nitrogen and oxygen atoms in total. The van der Waals surface area contributed by atoms with E-state index in [-0.39, 0.29) is 22.9 Å². The number of likely N-dealkylation sites (N-methyl/N-ethyl adjacent to an activating group) is 1. The number of amides is 1. The van der Waals surface area contributed by atoms with E-state index in [0.29, 0.717) is 24.3 Å². The summed E-state index contributed by atoms with van der Waals surface area (Å²) in [7, 11) is -2.12. The Morgan fingerprint density at radius 2 is 2.06 bits per heavy atom. The molecule has 1 aliphatic heterocycles. The minimum absolute atomic E-state index is 0.149. The molecule has 1 amide bonds. The minimum atomic E-state index is -3.75. The SMILES string of the molecule is CCNC(=O)[C@H]1O[C@@H](n2cnc3c(NC)nc(CNS(=O)(=O)C4=CCCC=C4)nc32)[C@H](O)[C@@H]1O. The van der Waals surface area contributed by atoms with Crippen molar-refractivity contribution in [2.75, 3.05) is 18.9 Å². The minimum Gasteiger partial charge on any atom is -0.387 e. The fraction of sp³-hybridized carbons (Fsp3) is 0.500. The molecule has 2 aromatic rings. The molecule has 2 aliphatic rings. The Labute approximate surface area is 196 Å². The Kier molecular flexibility index (Phi) is 6.95. The van der Waals surface area contributed by atoms with Crippen LogP contribution in [0.2, 0.25) is 0 Å². The third-order valence-electron chi connectivity index (χ3n) is 5.52. The highest BCUT2D eigenvalue weighted by atomic mass is 32.2. The van der Waals surface area contributed by atoms with Gasteiger partial charge in [0.25, 0.3) is 5.91 Å². The molecule has 0 aromatic carbocycles. The van der Waals surface area contributed by atoms with Crippen molar-refractivity contribution < 1.29 is 28.2 Å². The Morgan fingerprint density at radius 3 is 2.74 bits per heavy atom. The van der Waals surface area contributed by atoms with Crippen molar-refractivity contribution in [1.82, 2.24) is 29.6 Å². The highest BCUT2D eigenvalue weighted by Gasteiger charge is 2.47. The molecule has 34 heavy (non-hydrogen) atoms. The summed E-state index contributed by atoms with van der Waals surface area (Å²) in [4.78, 5) is 25.4. The molecule has 14 heteroatoms. The number of ether oxygens (including phenoxy) is 1. The maximum Gasteiger partial charge on any atom is 0.252 e. The van der Waals surface area contributed by atoms with Crippen LogP contribution in [-0.2, 0) is 26.1 Å². The number of allylic oxidation sites excluding steroid dienone is 3. The molecule has 1 fully saturated rings. The molecule has 4 rings (SSSR count). The second-order valence-corrected chi connectivity index (χ2v) is 9.56. The topological polar surface area (TPSA) is 181 Å². The molecule has 0 radical (unpaired) electrons. The normalized spacial score (nSPS) is 24.9. The number of sulfonamides is 1. The average molecular weight is 494 g/mol. The second-order valence-electron chi connectivity index (χ2n) is 7.80. The molecule has 1 aliphatic carbocycles. The van der Waals surface area contributed by atoms with Gasteiger partial charge < -0.3 is 25.6 Å². The van der Waals surface area contributed by atoms with Crippen LogP contribution in [0.15, 0.2) is 29.5 Å². The zero-order valence-corrected chi connectivity index (χ0v) is 19.5. The van der Waals surface area contributed by atoms with Crippen LogP contribution in [0.4, 0.5) is 5.82 Å². The first-order valence-electron chi connectivity index (χ1n) is 10.8. The summed E-state index contributed by atoms with van der Waals surface area (Å²) >= 11 is 0. The van der Waals surface area contributed by atoms with Gasteiger partial charge in [0.05, 0.1) is 17.8 Å². The Hall–Kier alpha value is -2.91. The molecule has 3 heterocycles. The standard InChI is InChI=1S/C20H27N7O6S/c1-3-22-19(30)16-14(28)15(29)20(33-16)27-10-23-13-17(21-2)25-12(26-18(13)27)9-24-34(31,32)11-7-5-4-6-8-11/h5,7-8,10,14-16,20,24,28-29H,3-4,6,9H2,1-2H3,(H,22,30)(H,21,25,26)/t14-,15+,16-,20+/m0/s1. The number of imidazole rings is 1. The molecule has 4 atom stereocenters. The Bertz CT molecular complexity index is 1240. The van der Waals surface area contributed by atoms with Crippen molar-refractivity contribution in [3.63, 3.8) is 0 Å². The van der Waals surface area contributed by atoms with Crippen LogP contribution in [-0.4, -0.2) is 76.0 Å². The van der Waals surface area contributed by atoms with Gasteiger partial charge in [0.15, 0.2) is 29.3 Å². The van der Waals surface area contributed by atoms with Gasteiger partial charge in [-0.15, -0.1) is 0 Å². The van der Waals surface area contributed by atoms with Crippen molar-refractivity contribution in [1.29, 1.82) is 0 Å². The molecule has 184 valence electrons. The summed E-state index contributed by atoms with van der Waals surface area (Å²) in [5.74, 6) is -0.0633. The molecular weight excluding hydrogens is 466 g/mol. The van der Waals surface area contributed by atoms with Crippen LogP contribution in [0.3, 0.4) is 0 Å². The van der Waals surface area contributed by atoms with E-state index in [0.717, 1.165) is 6.42 Å². The largest absolute Gasteiger partial charge is 0.387 e. The predicted molar refractivity (Wildman–Crippen MR) is 122 cm³/mol. The fourth-order valence-electron chi connectivity index (χ4n) is 3.81. The van der Waals surface area contributed by atoms with Gasteiger partial charge in [-0.25, -0.2) is 28.1 Å². The number of anilines is 1. The van der Waals surface area contributed by atoms with E-state index in [1.807, 2.05) is 0 Å². The first-order valence-corrected chi connectivity index (χ1v) is 12.3. The molecule has 2 aromatic heterocycles. The van der Waals surface area contributed by atoms with Gasteiger partial charge in [-0.05, 0) is 25.8 Å². The number of hydrogen-bond acceptors (Lipinski definition) is 10. The number of carbonyl (C=O) groups is 1. The lowest BCUT2D eigenvalue weighted by atomic mass is 10.1. The molecule has 0 spiro atoms. The highest BCUT2D eigenvalue weighted by molar-refractivity contribution is 7.93. The Morgan fingerprint density at radius 1 is 1.26 bits per heavy atom. The molecule has 0 bridgehead atoms. The lowest BCUT2D eigenvalue weighted by molar-refractivity contribution is -0.137. The fourth-order valence-corrected chi connectivity index (χ4v) is 4.91. The van der Waals surface area contributed by atoms with E-state index in [4.69, 9.17) is 4.74 Å². The van der Waals surface area contributed by atoms with Gasteiger partial charge >= 0.3 is 0 Å². The molecular formula is C20H27N7O6S.